The van der Waals surface area contributed by atoms with Gasteiger partial charge in [-0.15, -0.1) is 0 Å². The maximum atomic E-state index is 12.8. The van der Waals surface area contributed by atoms with E-state index < -0.39 is 9.84 Å². The van der Waals surface area contributed by atoms with Crippen LogP contribution in [0.3, 0.4) is 0 Å². The first kappa shape index (κ1) is 17.0. The fourth-order valence-corrected chi connectivity index (χ4v) is 4.55. The first-order valence-electron chi connectivity index (χ1n) is 7.50. The number of hydrogen-bond donors (Lipinski definition) is 0. The number of aryl methyl sites for hydroxylation is 1. The Morgan fingerprint density at radius 1 is 1.36 bits per heavy atom. The molecule has 0 aliphatic carbocycles. The Bertz CT molecular complexity index is 627. The van der Waals surface area contributed by atoms with Gasteiger partial charge in [-0.3, -0.25) is 4.79 Å². The smallest absolute Gasteiger partial charge is 0.254 e. The van der Waals surface area contributed by atoms with Crippen LogP contribution in [0, 0.1) is 6.92 Å². The van der Waals surface area contributed by atoms with Gasteiger partial charge in [-0.2, -0.15) is 0 Å². The second kappa shape index (κ2) is 7.24. The minimum Gasteiger partial charge on any atom is -0.385 e. The standard InChI is InChI=1S/C16H23NO4S/c1-13-6-3-4-7-15(13)16(18)17(9-5-10-21-2)14-8-11-22(19,20)12-14/h3-4,6-7,14H,5,8-12H2,1-2H3. The number of amides is 1. The SMILES string of the molecule is COCCCN(C(=O)c1ccccc1C)C1CCS(=O)(=O)C1. The molecular weight excluding hydrogens is 302 g/mol. The Morgan fingerprint density at radius 2 is 2.09 bits per heavy atom. The molecule has 0 saturated carbocycles. The highest BCUT2D eigenvalue weighted by Crippen LogP contribution is 2.21. The summed E-state index contributed by atoms with van der Waals surface area (Å²) in [4.78, 5) is 14.6. The predicted molar refractivity (Wildman–Crippen MR) is 85.8 cm³/mol. The molecule has 1 aliphatic rings. The predicted octanol–water partition coefficient (Wildman–Crippen LogP) is 1.66. The normalized spacial score (nSPS) is 20.0. The molecular formula is C16H23NO4S. The Kier molecular flexibility index (Phi) is 5.58. The van der Waals surface area contributed by atoms with Crippen LogP contribution in [0.4, 0.5) is 0 Å². The summed E-state index contributed by atoms with van der Waals surface area (Å²) < 4.78 is 28.5. The first-order chi connectivity index (χ1) is 10.4. The number of nitrogens with zero attached hydrogens (tertiary/aromatic N) is 1. The third-order valence-corrected chi connectivity index (χ3v) is 5.78. The molecule has 1 aliphatic heterocycles. The van der Waals surface area contributed by atoms with E-state index in [1.165, 1.54) is 0 Å². The van der Waals surface area contributed by atoms with E-state index in [4.69, 9.17) is 4.74 Å². The number of carbonyl (C=O) groups is 1. The van der Waals surface area contributed by atoms with Crippen molar-refractivity contribution in [3.8, 4) is 0 Å². The molecule has 1 aromatic rings. The lowest BCUT2D eigenvalue weighted by Gasteiger charge is -2.29. The van der Waals surface area contributed by atoms with Gasteiger partial charge in [0.1, 0.15) is 0 Å². The van der Waals surface area contributed by atoms with Gasteiger partial charge in [0.25, 0.3) is 5.91 Å². The van der Waals surface area contributed by atoms with Crippen LogP contribution in [0.2, 0.25) is 0 Å². The van der Waals surface area contributed by atoms with Gasteiger partial charge in [0.2, 0.25) is 0 Å². The van der Waals surface area contributed by atoms with E-state index in [0.717, 1.165) is 5.56 Å². The summed E-state index contributed by atoms with van der Waals surface area (Å²) in [6.45, 7) is 2.96. The van der Waals surface area contributed by atoms with Gasteiger partial charge in [-0.05, 0) is 31.4 Å². The molecule has 0 bridgehead atoms. The molecule has 1 amide bonds. The zero-order valence-electron chi connectivity index (χ0n) is 13.1. The average Bonchev–Trinajstić information content (AvgIpc) is 2.83. The van der Waals surface area contributed by atoms with Crippen molar-refractivity contribution in [1.29, 1.82) is 0 Å². The summed E-state index contributed by atoms with van der Waals surface area (Å²) in [5.74, 6) is 0.146. The number of sulfone groups is 1. The van der Waals surface area contributed by atoms with Crippen LogP contribution in [0.1, 0.15) is 28.8 Å². The number of benzene rings is 1. The van der Waals surface area contributed by atoms with Crippen LogP contribution < -0.4 is 0 Å². The topological polar surface area (TPSA) is 63.7 Å². The van der Waals surface area contributed by atoms with E-state index in [-0.39, 0.29) is 23.5 Å². The van der Waals surface area contributed by atoms with Crippen molar-refractivity contribution in [3.05, 3.63) is 35.4 Å². The van der Waals surface area contributed by atoms with E-state index in [1.807, 2.05) is 25.1 Å². The van der Waals surface area contributed by atoms with Gasteiger partial charge in [0.15, 0.2) is 9.84 Å². The van der Waals surface area contributed by atoms with Gasteiger partial charge in [0.05, 0.1) is 11.5 Å². The third kappa shape index (κ3) is 4.08. The van der Waals surface area contributed by atoms with Gasteiger partial charge in [0, 0.05) is 31.9 Å². The van der Waals surface area contributed by atoms with Crippen LogP contribution in [-0.2, 0) is 14.6 Å². The molecule has 5 nitrogen and oxygen atoms in total. The molecule has 0 spiro atoms. The molecule has 6 heteroatoms. The molecule has 1 saturated heterocycles. The lowest BCUT2D eigenvalue weighted by Crippen LogP contribution is -2.42. The molecule has 1 fully saturated rings. The Balaban J connectivity index is 2.20. The van der Waals surface area contributed by atoms with Crippen molar-refractivity contribution in [1.82, 2.24) is 4.90 Å². The summed E-state index contributed by atoms with van der Waals surface area (Å²) in [5.41, 5.74) is 1.55. The van der Waals surface area contributed by atoms with Crippen molar-refractivity contribution >= 4 is 15.7 Å². The van der Waals surface area contributed by atoms with Crippen LogP contribution in [0.15, 0.2) is 24.3 Å². The Morgan fingerprint density at radius 3 is 2.68 bits per heavy atom. The van der Waals surface area contributed by atoms with Crippen molar-refractivity contribution in [2.75, 3.05) is 31.8 Å². The van der Waals surface area contributed by atoms with Crippen molar-refractivity contribution in [3.63, 3.8) is 0 Å². The molecule has 0 aromatic heterocycles. The molecule has 1 unspecified atom stereocenters. The lowest BCUT2D eigenvalue weighted by molar-refractivity contribution is 0.0673. The number of methoxy groups -OCH3 is 1. The number of ether oxygens (including phenoxy) is 1. The minimum atomic E-state index is -3.02. The van der Waals surface area contributed by atoms with Crippen molar-refractivity contribution in [2.45, 2.75) is 25.8 Å². The monoisotopic (exact) mass is 325 g/mol. The summed E-state index contributed by atoms with van der Waals surface area (Å²) in [6, 6.07) is 7.19. The van der Waals surface area contributed by atoms with Gasteiger partial charge >= 0.3 is 0 Å². The largest absolute Gasteiger partial charge is 0.385 e. The maximum Gasteiger partial charge on any atom is 0.254 e. The number of hydrogen-bond acceptors (Lipinski definition) is 4. The average molecular weight is 325 g/mol. The summed E-state index contributed by atoms with van der Waals surface area (Å²) >= 11 is 0. The second-order valence-electron chi connectivity index (χ2n) is 5.72. The van der Waals surface area contributed by atoms with Gasteiger partial charge in [-0.25, -0.2) is 8.42 Å². The van der Waals surface area contributed by atoms with E-state index in [1.54, 1.807) is 18.1 Å². The van der Waals surface area contributed by atoms with Gasteiger partial charge < -0.3 is 9.64 Å². The Labute approximate surface area is 132 Å². The molecule has 1 aromatic carbocycles. The van der Waals surface area contributed by atoms with Gasteiger partial charge in [-0.1, -0.05) is 18.2 Å². The molecule has 2 rings (SSSR count). The minimum absolute atomic E-state index is 0.0671. The highest BCUT2D eigenvalue weighted by molar-refractivity contribution is 7.91. The summed E-state index contributed by atoms with van der Waals surface area (Å²) in [7, 11) is -1.40. The molecule has 0 N–H and O–H groups in total. The summed E-state index contributed by atoms with van der Waals surface area (Å²) in [6.07, 6.45) is 1.22. The summed E-state index contributed by atoms with van der Waals surface area (Å²) in [5, 5.41) is 0. The van der Waals surface area contributed by atoms with Crippen molar-refractivity contribution < 1.29 is 17.9 Å². The first-order valence-corrected chi connectivity index (χ1v) is 9.32. The van der Waals surface area contributed by atoms with E-state index in [2.05, 4.69) is 0 Å². The Hall–Kier alpha value is -1.40. The number of rotatable bonds is 6. The maximum absolute atomic E-state index is 12.8. The molecule has 1 heterocycles. The fourth-order valence-electron chi connectivity index (χ4n) is 2.82. The van der Waals surface area contributed by atoms with E-state index in [9.17, 15) is 13.2 Å². The van der Waals surface area contributed by atoms with E-state index in [0.29, 0.717) is 31.6 Å². The molecule has 0 radical (unpaired) electrons. The quantitative estimate of drug-likeness (QED) is 0.746. The van der Waals surface area contributed by atoms with Crippen molar-refractivity contribution in [2.24, 2.45) is 0 Å². The second-order valence-corrected chi connectivity index (χ2v) is 7.95. The van der Waals surface area contributed by atoms with Crippen LogP contribution in [-0.4, -0.2) is 57.0 Å². The van der Waals surface area contributed by atoms with Crippen LogP contribution in [0.25, 0.3) is 0 Å². The van der Waals surface area contributed by atoms with Crippen LogP contribution >= 0.6 is 0 Å². The fraction of sp³-hybridized carbons (Fsp3) is 0.562. The third-order valence-electron chi connectivity index (χ3n) is 4.03. The van der Waals surface area contributed by atoms with Crippen LogP contribution in [0.5, 0.6) is 0 Å². The molecule has 1 atom stereocenters. The molecule has 22 heavy (non-hydrogen) atoms. The zero-order chi connectivity index (χ0) is 16.2. The highest BCUT2D eigenvalue weighted by atomic mass is 32.2. The molecule has 122 valence electrons. The van der Waals surface area contributed by atoms with E-state index >= 15 is 0 Å². The highest BCUT2D eigenvalue weighted by Gasteiger charge is 2.34. The lowest BCUT2D eigenvalue weighted by atomic mass is 10.1. The number of carbonyl (C=O) groups excluding carboxylic acids is 1. The zero-order valence-corrected chi connectivity index (χ0v) is 13.9.